The third kappa shape index (κ3) is 8.43. The monoisotopic (exact) mass is 977 g/mol. The Morgan fingerprint density at radius 3 is 2.39 bits per heavy atom. The number of carbonyl (C=O) groups is 4. The number of anilines is 4. The molecule has 0 radical (unpaired) electrons. The summed E-state index contributed by atoms with van der Waals surface area (Å²) in [5.74, 6) is -7.05. The van der Waals surface area contributed by atoms with E-state index in [1.165, 1.54) is 33.0 Å². The number of ether oxygens (including phenoxy) is 1. The Kier molecular flexibility index (Phi) is 12.3. The molecular formula is C48H56ClF4N11O5. The smallest absolute Gasteiger partial charge is 0.328 e. The number of imide groups is 1. The predicted molar refractivity (Wildman–Crippen MR) is 250 cm³/mol. The lowest BCUT2D eigenvalue weighted by molar-refractivity contribution is -0.214. The lowest BCUT2D eigenvalue weighted by atomic mass is 9.68. The predicted octanol–water partition coefficient (Wildman–Crippen LogP) is 6.25. The zero-order chi connectivity index (χ0) is 48.6. The highest BCUT2D eigenvalue weighted by Crippen LogP contribution is 2.52. The van der Waals surface area contributed by atoms with Gasteiger partial charge in [0.1, 0.15) is 0 Å². The molecule has 21 heteroatoms. The number of hydrogen-bond acceptors (Lipinski definition) is 11. The minimum atomic E-state index is -3.27. The Bertz CT molecular complexity index is 2710. The van der Waals surface area contributed by atoms with E-state index in [9.17, 15) is 19.2 Å². The van der Waals surface area contributed by atoms with Gasteiger partial charge in [-0.05, 0) is 93.3 Å². The van der Waals surface area contributed by atoms with Crippen molar-refractivity contribution in [3.05, 3.63) is 75.6 Å². The molecule has 10 rings (SSSR count). The molecule has 3 atom stereocenters. The summed E-state index contributed by atoms with van der Waals surface area (Å²) < 4.78 is 72.5. The summed E-state index contributed by atoms with van der Waals surface area (Å²) in [5, 5.41) is 13.6. The number of methoxy groups -OCH3 is 1. The SMILES string of the molecule is CNc1cc(N2CCc3c(CN4CCC(N5CCC6(CCN(C(=O)c7cc(Cl)c(C)c(N8CCC(=O)NC8=O)c7)CC6)C(F)(F)C5)C(F)(F)C4)cccc32)nn2c(C(=O)N[C@@H]3CC[C@H]3OC)cnc12. The Balaban J connectivity index is 0.773. The van der Waals surface area contributed by atoms with E-state index < -0.39 is 54.2 Å². The first-order chi connectivity index (χ1) is 33.0. The van der Waals surface area contributed by atoms with Crippen LogP contribution < -0.4 is 25.8 Å². The second kappa shape index (κ2) is 18.0. The molecule has 6 aliphatic rings. The Morgan fingerprint density at radius 2 is 1.70 bits per heavy atom. The average Bonchev–Trinajstić information content (AvgIpc) is 3.95. The molecule has 7 heterocycles. The van der Waals surface area contributed by atoms with Crippen LogP contribution in [0.1, 0.15) is 82.5 Å². The van der Waals surface area contributed by atoms with Crippen LogP contribution in [-0.4, -0.2) is 150 Å². The van der Waals surface area contributed by atoms with E-state index in [1.807, 2.05) is 24.3 Å². The third-order valence-corrected chi connectivity index (χ3v) is 16.0. The number of urea groups is 1. The zero-order valence-electron chi connectivity index (χ0n) is 38.8. The summed E-state index contributed by atoms with van der Waals surface area (Å²) in [6.45, 7) is 1.81. The van der Waals surface area contributed by atoms with Gasteiger partial charge in [0.05, 0.1) is 48.8 Å². The molecule has 0 bridgehead atoms. The van der Waals surface area contributed by atoms with Crippen LogP contribution in [-0.2, 0) is 22.5 Å². The number of aromatic nitrogens is 3. The molecular weight excluding hydrogens is 922 g/mol. The zero-order valence-corrected chi connectivity index (χ0v) is 39.6. The summed E-state index contributed by atoms with van der Waals surface area (Å²) in [7, 11) is 3.41. The second-order valence-electron chi connectivity index (χ2n) is 19.4. The molecule has 1 unspecified atom stereocenters. The maximum absolute atomic E-state index is 16.4. The van der Waals surface area contributed by atoms with Gasteiger partial charge in [0.2, 0.25) is 5.91 Å². The summed E-state index contributed by atoms with van der Waals surface area (Å²) in [6, 6.07) is 8.68. The molecule has 69 heavy (non-hydrogen) atoms. The highest BCUT2D eigenvalue weighted by atomic mass is 35.5. The highest BCUT2D eigenvalue weighted by Gasteiger charge is 2.60. The number of rotatable bonds is 10. The quantitative estimate of drug-likeness (QED) is 0.154. The molecule has 4 saturated heterocycles. The van der Waals surface area contributed by atoms with Crippen LogP contribution in [0.15, 0.2) is 42.6 Å². The second-order valence-corrected chi connectivity index (χ2v) is 19.8. The largest absolute Gasteiger partial charge is 0.385 e. The van der Waals surface area contributed by atoms with Crippen molar-refractivity contribution in [2.45, 2.75) is 94.9 Å². The average molecular weight is 978 g/mol. The highest BCUT2D eigenvalue weighted by molar-refractivity contribution is 6.32. The molecule has 1 saturated carbocycles. The summed E-state index contributed by atoms with van der Waals surface area (Å²) in [4.78, 5) is 64.0. The fraction of sp³-hybridized carbons (Fsp3) is 0.542. The van der Waals surface area contributed by atoms with Gasteiger partial charge < -0.3 is 25.2 Å². The van der Waals surface area contributed by atoms with E-state index in [-0.39, 0.29) is 93.5 Å². The standard InChI is InChI=1S/C48H56ClF4N11O5/c1-28-32(49)21-30(22-36(28)63-17-11-41(65)57-45(63)68)44(67)60-18-12-46(13-19-60)14-20-61(27-48(46,52)53)39-10-15-59(26-47(39,50)51)25-29-5-4-6-35-31(29)9-16-62(35)40-23-34(54-2)42-55-24-37(64(42)58-40)43(66)56-33-7-8-38(33)69-3/h4-6,21-24,33,38-39,54H,7-20,25-27H2,1-3H3,(H,56,66)(H,57,65,68)/t33-,38-,39?/m1/s1. The topological polar surface area (TPSA) is 160 Å². The summed E-state index contributed by atoms with van der Waals surface area (Å²) in [5.41, 5.74) is 3.97. The molecule has 5 aliphatic heterocycles. The van der Waals surface area contributed by atoms with Crippen molar-refractivity contribution in [2.75, 3.05) is 81.6 Å². The van der Waals surface area contributed by atoms with Gasteiger partial charge in [-0.1, -0.05) is 23.7 Å². The number of imidazole rings is 1. The first-order valence-electron chi connectivity index (χ1n) is 23.7. The third-order valence-electron chi connectivity index (χ3n) is 15.6. The molecule has 1 spiro atoms. The minimum absolute atomic E-state index is 0.00938. The van der Waals surface area contributed by atoms with Crippen molar-refractivity contribution in [2.24, 2.45) is 5.41 Å². The summed E-state index contributed by atoms with van der Waals surface area (Å²) in [6.07, 6.45) is 3.97. The first kappa shape index (κ1) is 47.1. The van der Waals surface area contributed by atoms with Crippen molar-refractivity contribution in [1.82, 2.24) is 39.9 Å². The van der Waals surface area contributed by atoms with Crippen molar-refractivity contribution in [3.8, 4) is 0 Å². The molecule has 5 amide bonds. The number of halogens is 5. The molecule has 3 N–H and O–H groups in total. The van der Waals surface area contributed by atoms with E-state index in [4.69, 9.17) is 21.4 Å². The number of piperidine rings is 3. The molecule has 16 nitrogen and oxygen atoms in total. The Labute approximate surface area is 401 Å². The number of nitrogens with one attached hydrogen (secondary N) is 3. The molecule has 368 valence electrons. The number of benzene rings is 2. The molecule has 5 fully saturated rings. The maximum atomic E-state index is 16.4. The van der Waals surface area contributed by atoms with Crippen LogP contribution in [0.2, 0.25) is 5.02 Å². The fourth-order valence-electron chi connectivity index (χ4n) is 11.4. The lowest BCUT2D eigenvalue weighted by Crippen LogP contribution is -2.65. The maximum Gasteiger partial charge on any atom is 0.328 e. The molecule has 2 aromatic heterocycles. The molecule has 4 aromatic rings. The van der Waals surface area contributed by atoms with Crippen LogP contribution in [0.4, 0.5) is 45.2 Å². The van der Waals surface area contributed by atoms with E-state index in [2.05, 4.69) is 25.8 Å². The van der Waals surface area contributed by atoms with Gasteiger partial charge in [0, 0.05) is 87.6 Å². The molecule has 2 aromatic carbocycles. The number of likely N-dealkylation sites (tertiary alicyclic amines) is 3. The van der Waals surface area contributed by atoms with Crippen molar-refractivity contribution in [1.29, 1.82) is 0 Å². The van der Waals surface area contributed by atoms with Crippen LogP contribution in [0.25, 0.3) is 5.65 Å². The van der Waals surface area contributed by atoms with Gasteiger partial charge in [0.15, 0.2) is 17.2 Å². The lowest BCUT2D eigenvalue weighted by Gasteiger charge is -2.54. The van der Waals surface area contributed by atoms with Gasteiger partial charge in [-0.3, -0.25) is 34.4 Å². The fourth-order valence-corrected chi connectivity index (χ4v) is 11.6. The van der Waals surface area contributed by atoms with Gasteiger partial charge in [-0.25, -0.2) is 31.9 Å². The normalized spacial score (nSPS) is 24.6. The van der Waals surface area contributed by atoms with Crippen LogP contribution >= 0.6 is 11.6 Å². The Morgan fingerprint density at radius 1 is 0.928 bits per heavy atom. The van der Waals surface area contributed by atoms with Crippen molar-refractivity contribution >= 4 is 63.9 Å². The number of hydrogen-bond donors (Lipinski definition) is 3. The number of carbonyl (C=O) groups excluding carboxylic acids is 4. The number of amides is 5. The van der Waals surface area contributed by atoms with Crippen molar-refractivity contribution < 1.29 is 41.5 Å². The number of nitrogens with zero attached hydrogens (tertiary/aromatic N) is 8. The Hall–Kier alpha value is -5.57. The van der Waals surface area contributed by atoms with E-state index in [0.717, 1.165) is 29.7 Å². The van der Waals surface area contributed by atoms with E-state index >= 15 is 17.6 Å². The first-order valence-corrected chi connectivity index (χ1v) is 24.1. The van der Waals surface area contributed by atoms with Gasteiger partial charge in [-0.2, -0.15) is 0 Å². The van der Waals surface area contributed by atoms with E-state index in [1.54, 1.807) is 30.5 Å². The number of fused-ring (bicyclic) bond motifs is 2. The van der Waals surface area contributed by atoms with Crippen molar-refractivity contribution in [3.63, 3.8) is 0 Å². The van der Waals surface area contributed by atoms with E-state index in [0.29, 0.717) is 53.6 Å². The van der Waals surface area contributed by atoms with Gasteiger partial charge in [-0.15, -0.1) is 5.10 Å². The van der Waals surface area contributed by atoms with Gasteiger partial charge >= 0.3 is 6.03 Å². The molecule has 1 aliphatic carbocycles. The van der Waals surface area contributed by atoms with Crippen LogP contribution in [0.3, 0.4) is 0 Å². The summed E-state index contributed by atoms with van der Waals surface area (Å²) >= 11 is 6.51. The minimum Gasteiger partial charge on any atom is -0.385 e. The number of alkyl halides is 4. The van der Waals surface area contributed by atoms with Crippen LogP contribution in [0, 0.1) is 12.3 Å². The van der Waals surface area contributed by atoms with Gasteiger partial charge in [0.25, 0.3) is 23.7 Å². The van der Waals surface area contributed by atoms with Crippen LogP contribution in [0.5, 0.6) is 0 Å².